The number of thiophene rings is 1. The zero-order valence-electron chi connectivity index (χ0n) is 10.5. The van der Waals surface area contributed by atoms with Crippen molar-refractivity contribution >= 4 is 21.4 Å². The monoisotopic (exact) mass is 289 g/mol. The molecule has 1 fully saturated rings. The standard InChI is InChI=1S/C12H19NO3S2/c1-2-13(10-5-3-4-6-10)18(15,16)12-7-8-17-11(12)9-14/h7-8,10,14H,2-6,9H2,1H3. The molecule has 1 aliphatic carbocycles. The predicted molar refractivity (Wildman–Crippen MR) is 72.1 cm³/mol. The Bertz CT molecular complexity index is 489. The highest BCUT2D eigenvalue weighted by molar-refractivity contribution is 7.89. The van der Waals surface area contributed by atoms with Gasteiger partial charge in [-0.15, -0.1) is 11.3 Å². The average molecular weight is 289 g/mol. The summed E-state index contributed by atoms with van der Waals surface area (Å²) >= 11 is 1.29. The molecule has 0 atom stereocenters. The van der Waals surface area contributed by atoms with Gasteiger partial charge < -0.3 is 5.11 Å². The summed E-state index contributed by atoms with van der Waals surface area (Å²) in [5, 5.41) is 10.9. The molecule has 1 aromatic rings. The first-order chi connectivity index (χ1) is 8.61. The third-order valence-electron chi connectivity index (χ3n) is 3.48. The fraction of sp³-hybridized carbons (Fsp3) is 0.667. The fourth-order valence-electron chi connectivity index (χ4n) is 2.62. The highest BCUT2D eigenvalue weighted by Crippen LogP contribution is 2.31. The van der Waals surface area contributed by atoms with E-state index in [4.69, 9.17) is 0 Å². The molecule has 0 aromatic carbocycles. The normalized spacial score (nSPS) is 17.7. The van der Waals surface area contributed by atoms with Crippen LogP contribution in [0.4, 0.5) is 0 Å². The SMILES string of the molecule is CCN(C1CCCC1)S(=O)(=O)c1ccsc1CO. The van der Waals surface area contributed by atoms with Crippen molar-refractivity contribution in [2.75, 3.05) is 6.54 Å². The number of hydrogen-bond donors (Lipinski definition) is 1. The van der Waals surface area contributed by atoms with Crippen molar-refractivity contribution in [1.82, 2.24) is 4.31 Å². The van der Waals surface area contributed by atoms with Gasteiger partial charge in [-0.05, 0) is 24.3 Å². The first-order valence-electron chi connectivity index (χ1n) is 6.30. The van der Waals surface area contributed by atoms with Gasteiger partial charge in [0.05, 0.1) is 11.5 Å². The summed E-state index contributed by atoms with van der Waals surface area (Å²) in [4.78, 5) is 0.815. The minimum absolute atomic E-state index is 0.131. The third-order valence-corrected chi connectivity index (χ3v) is 6.63. The number of sulfonamides is 1. The number of aliphatic hydroxyl groups excluding tert-OH is 1. The van der Waals surface area contributed by atoms with Gasteiger partial charge in [0.1, 0.15) is 0 Å². The molecule has 0 radical (unpaired) electrons. The van der Waals surface area contributed by atoms with Gasteiger partial charge in [0.15, 0.2) is 0 Å². The molecule has 1 saturated carbocycles. The van der Waals surface area contributed by atoms with Crippen molar-refractivity contribution in [3.8, 4) is 0 Å². The van der Waals surface area contributed by atoms with E-state index >= 15 is 0 Å². The molecule has 0 amide bonds. The smallest absolute Gasteiger partial charge is 0.244 e. The summed E-state index contributed by atoms with van der Waals surface area (Å²) in [6, 6.07) is 1.73. The largest absolute Gasteiger partial charge is 0.391 e. The van der Waals surface area contributed by atoms with Crippen molar-refractivity contribution in [1.29, 1.82) is 0 Å². The molecule has 1 N–H and O–H groups in total. The van der Waals surface area contributed by atoms with Gasteiger partial charge in [0.25, 0.3) is 0 Å². The molecular weight excluding hydrogens is 270 g/mol. The lowest BCUT2D eigenvalue weighted by atomic mass is 10.2. The topological polar surface area (TPSA) is 57.6 Å². The van der Waals surface area contributed by atoms with E-state index < -0.39 is 10.0 Å². The number of rotatable bonds is 5. The molecule has 0 unspecified atom stereocenters. The number of hydrogen-bond acceptors (Lipinski definition) is 4. The molecule has 4 nitrogen and oxygen atoms in total. The first kappa shape index (κ1) is 14.0. The van der Waals surface area contributed by atoms with Crippen molar-refractivity contribution in [3.05, 3.63) is 16.3 Å². The molecule has 0 aliphatic heterocycles. The lowest BCUT2D eigenvalue weighted by Gasteiger charge is -2.26. The Labute approximate surface area is 112 Å². The van der Waals surface area contributed by atoms with E-state index in [0.29, 0.717) is 11.4 Å². The average Bonchev–Trinajstić information content (AvgIpc) is 3.00. The fourth-order valence-corrected chi connectivity index (χ4v) is 5.58. The van der Waals surface area contributed by atoms with Crippen LogP contribution in [0.15, 0.2) is 16.3 Å². The molecule has 0 bridgehead atoms. The molecule has 2 rings (SSSR count). The Morgan fingerprint density at radius 2 is 2.11 bits per heavy atom. The van der Waals surface area contributed by atoms with E-state index in [2.05, 4.69) is 0 Å². The molecule has 1 heterocycles. The summed E-state index contributed by atoms with van der Waals surface area (Å²) in [7, 11) is -3.45. The van der Waals surface area contributed by atoms with Crippen LogP contribution in [-0.2, 0) is 16.6 Å². The van der Waals surface area contributed by atoms with Crippen molar-refractivity contribution in [2.45, 2.75) is 50.2 Å². The van der Waals surface area contributed by atoms with E-state index in [-0.39, 0.29) is 17.5 Å². The summed E-state index contributed by atoms with van der Waals surface area (Å²) in [5.41, 5.74) is 0. The van der Waals surface area contributed by atoms with Gasteiger partial charge in [-0.3, -0.25) is 0 Å². The minimum Gasteiger partial charge on any atom is -0.391 e. The van der Waals surface area contributed by atoms with Crippen LogP contribution in [0.1, 0.15) is 37.5 Å². The zero-order valence-corrected chi connectivity index (χ0v) is 12.1. The number of aliphatic hydroxyl groups is 1. The highest BCUT2D eigenvalue weighted by atomic mass is 32.2. The Morgan fingerprint density at radius 1 is 1.44 bits per heavy atom. The van der Waals surface area contributed by atoms with E-state index in [1.807, 2.05) is 6.92 Å². The zero-order chi connectivity index (χ0) is 13.2. The van der Waals surface area contributed by atoms with Crippen LogP contribution in [0.25, 0.3) is 0 Å². The maximum absolute atomic E-state index is 12.6. The Kier molecular flexibility index (Phi) is 4.42. The van der Waals surface area contributed by atoms with Gasteiger partial charge >= 0.3 is 0 Å². The van der Waals surface area contributed by atoms with E-state index in [1.165, 1.54) is 11.3 Å². The molecule has 0 saturated heterocycles. The van der Waals surface area contributed by atoms with E-state index in [9.17, 15) is 13.5 Å². The Balaban J connectivity index is 2.33. The first-order valence-corrected chi connectivity index (χ1v) is 8.62. The van der Waals surface area contributed by atoms with Crippen molar-refractivity contribution < 1.29 is 13.5 Å². The second-order valence-electron chi connectivity index (χ2n) is 4.51. The lowest BCUT2D eigenvalue weighted by Crippen LogP contribution is -2.38. The van der Waals surface area contributed by atoms with Crippen molar-refractivity contribution in [2.24, 2.45) is 0 Å². The molecule has 1 aliphatic rings. The summed E-state index contributed by atoms with van der Waals surface area (Å²) in [6.07, 6.45) is 4.11. The van der Waals surface area contributed by atoms with Crippen LogP contribution in [-0.4, -0.2) is 30.4 Å². The lowest BCUT2D eigenvalue weighted by molar-refractivity contribution is 0.281. The van der Waals surface area contributed by atoms with Crippen LogP contribution in [0, 0.1) is 0 Å². The van der Waals surface area contributed by atoms with Crippen molar-refractivity contribution in [3.63, 3.8) is 0 Å². The van der Waals surface area contributed by atoms with E-state index in [0.717, 1.165) is 25.7 Å². The van der Waals surface area contributed by atoms with Gasteiger partial charge in [-0.2, -0.15) is 4.31 Å². The van der Waals surface area contributed by atoms with Crippen LogP contribution in [0.3, 0.4) is 0 Å². The highest BCUT2D eigenvalue weighted by Gasteiger charge is 2.33. The third kappa shape index (κ3) is 2.47. The Morgan fingerprint density at radius 3 is 2.67 bits per heavy atom. The molecule has 18 heavy (non-hydrogen) atoms. The molecule has 1 aromatic heterocycles. The summed E-state index contributed by atoms with van der Waals surface area (Å²) in [5.74, 6) is 0. The quantitative estimate of drug-likeness (QED) is 0.904. The van der Waals surface area contributed by atoms with Crippen LogP contribution in [0.2, 0.25) is 0 Å². The predicted octanol–water partition coefficient (Wildman–Crippen LogP) is 2.19. The van der Waals surface area contributed by atoms with Crippen LogP contribution >= 0.6 is 11.3 Å². The molecule has 6 heteroatoms. The summed E-state index contributed by atoms with van der Waals surface area (Å²) < 4.78 is 26.8. The minimum atomic E-state index is -3.45. The Hall–Kier alpha value is -0.430. The van der Waals surface area contributed by atoms with Gasteiger partial charge in [-0.25, -0.2) is 8.42 Å². The van der Waals surface area contributed by atoms with Gasteiger partial charge in [0, 0.05) is 17.5 Å². The van der Waals surface area contributed by atoms with Crippen LogP contribution in [0.5, 0.6) is 0 Å². The molecular formula is C12H19NO3S2. The maximum atomic E-state index is 12.6. The summed E-state index contributed by atoms with van der Waals surface area (Å²) in [6.45, 7) is 2.16. The van der Waals surface area contributed by atoms with Gasteiger partial charge in [-0.1, -0.05) is 19.8 Å². The maximum Gasteiger partial charge on any atom is 0.244 e. The van der Waals surface area contributed by atoms with Gasteiger partial charge in [0.2, 0.25) is 10.0 Å². The van der Waals surface area contributed by atoms with Crippen LogP contribution < -0.4 is 0 Å². The second-order valence-corrected chi connectivity index (χ2v) is 7.37. The molecule has 102 valence electrons. The van der Waals surface area contributed by atoms with E-state index in [1.54, 1.807) is 15.8 Å². The molecule has 0 spiro atoms. The number of nitrogens with zero attached hydrogens (tertiary/aromatic N) is 1. The second kappa shape index (κ2) is 5.69.